The minimum absolute atomic E-state index is 0.00857. The molecule has 29 heavy (non-hydrogen) atoms. The topological polar surface area (TPSA) is 98.3 Å². The van der Waals surface area contributed by atoms with Crippen LogP contribution in [0.3, 0.4) is 0 Å². The maximum absolute atomic E-state index is 11.4. The Morgan fingerprint density at radius 1 is 1.21 bits per heavy atom. The molecule has 3 aromatic rings. The number of nitro benzene ring substituents is 1. The fourth-order valence-electron chi connectivity index (χ4n) is 4.17. The molecule has 4 rings (SSSR count). The number of hydrogen-bond acceptors (Lipinski definition) is 4. The highest BCUT2D eigenvalue weighted by Gasteiger charge is 2.30. The second kappa shape index (κ2) is 7.87. The molecular formula is C22H21N3O4. The Hall–Kier alpha value is -3.48. The molecule has 1 heterocycles. The number of non-ortho nitro benzene ring substituents is 1. The smallest absolute Gasteiger partial charge is 0.303 e. The lowest BCUT2D eigenvalue weighted by Crippen LogP contribution is -2.15. The van der Waals surface area contributed by atoms with Crippen LogP contribution in [0, 0.1) is 10.1 Å². The monoisotopic (exact) mass is 391 g/mol. The van der Waals surface area contributed by atoms with Gasteiger partial charge >= 0.3 is 5.97 Å². The number of nitrogens with zero attached hydrogens (tertiary/aromatic N) is 3. The quantitative estimate of drug-likeness (QED) is 0.500. The second-order valence-electron chi connectivity index (χ2n) is 7.35. The number of benzene rings is 2. The highest BCUT2D eigenvalue weighted by atomic mass is 16.6. The van der Waals surface area contributed by atoms with Gasteiger partial charge in [0.1, 0.15) is 0 Å². The number of aromatic nitrogens is 2. The van der Waals surface area contributed by atoms with Gasteiger partial charge < -0.3 is 5.11 Å². The van der Waals surface area contributed by atoms with Crippen molar-refractivity contribution in [1.82, 2.24) is 9.78 Å². The van der Waals surface area contributed by atoms with E-state index >= 15 is 0 Å². The molecule has 0 aliphatic heterocycles. The predicted molar refractivity (Wildman–Crippen MR) is 107 cm³/mol. The van der Waals surface area contributed by atoms with E-state index in [2.05, 4.69) is 0 Å². The summed E-state index contributed by atoms with van der Waals surface area (Å²) in [7, 11) is 0. The van der Waals surface area contributed by atoms with Crippen molar-refractivity contribution in [3.8, 4) is 5.69 Å². The van der Waals surface area contributed by atoms with Crippen molar-refractivity contribution < 1.29 is 14.8 Å². The lowest BCUT2D eigenvalue weighted by molar-refractivity contribution is -0.384. The minimum Gasteiger partial charge on any atom is -0.481 e. The normalized spacial score (nSPS) is 15.7. The molecule has 0 spiro atoms. The standard InChI is InChI=1S/C22H21N3O4/c26-21(27)13-16-8-4-11-20-22(16)19(12-15-6-2-1-3-7-15)23-24(20)17-9-5-10-18(14-17)25(28)29/h1-3,5-7,9-10,14,16H,4,8,11-13H2,(H,26,27). The van der Waals surface area contributed by atoms with E-state index in [4.69, 9.17) is 5.10 Å². The highest BCUT2D eigenvalue weighted by Crippen LogP contribution is 2.38. The number of carbonyl (C=O) groups is 1. The summed E-state index contributed by atoms with van der Waals surface area (Å²) in [5.41, 5.74) is 4.55. The predicted octanol–water partition coefficient (Wildman–Crippen LogP) is 4.27. The number of rotatable bonds is 6. The van der Waals surface area contributed by atoms with Gasteiger partial charge in [-0.05, 0) is 36.8 Å². The van der Waals surface area contributed by atoms with E-state index in [1.54, 1.807) is 16.8 Å². The van der Waals surface area contributed by atoms with E-state index in [-0.39, 0.29) is 18.0 Å². The largest absolute Gasteiger partial charge is 0.481 e. The van der Waals surface area contributed by atoms with Crippen LogP contribution >= 0.6 is 0 Å². The first-order valence-corrected chi connectivity index (χ1v) is 9.64. The second-order valence-corrected chi connectivity index (χ2v) is 7.35. The highest BCUT2D eigenvalue weighted by molar-refractivity contribution is 5.68. The number of nitro groups is 1. The Labute approximate surface area is 167 Å². The van der Waals surface area contributed by atoms with Gasteiger partial charge in [0.25, 0.3) is 5.69 Å². The van der Waals surface area contributed by atoms with Gasteiger partial charge in [0.05, 0.1) is 22.7 Å². The zero-order chi connectivity index (χ0) is 20.4. The average molecular weight is 391 g/mol. The summed E-state index contributed by atoms with van der Waals surface area (Å²) in [5, 5.41) is 25.4. The molecule has 7 nitrogen and oxygen atoms in total. The molecule has 7 heteroatoms. The number of aliphatic carboxylic acids is 1. The molecular weight excluding hydrogens is 370 g/mol. The summed E-state index contributed by atoms with van der Waals surface area (Å²) >= 11 is 0. The first-order valence-electron chi connectivity index (χ1n) is 9.64. The molecule has 1 aromatic heterocycles. The molecule has 1 atom stereocenters. The van der Waals surface area contributed by atoms with Crippen molar-refractivity contribution in [1.29, 1.82) is 0 Å². The molecule has 1 aliphatic carbocycles. The fourth-order valence-corrected chi connectivity index (χ4v) is 4.17. The fraction of sp³-hybridized carbons (Fsp3) is 0.273. The van der Waals surface area contributed by atoms with Crippen molar-refractivity contribution in [3.05, 3.63) is 87.2 Å². The van der Waals surface area contributed by atoms with Gasteiger partial charge in [0, 0.05) is 29.8 Å². The molecule has 0 amide bonds. The molecule has 0 saturated carbocycles. The van der Waals surface area contributed by atoms with Gasteiger partial charge in [-0.1, -0.05) is 36.4 Å². The molecule has 1 N–H and O–H groups in total. The van der Waals surface area contributed by atoms with Gasteiger partial charge in [0.15, 0.2) is 0 Å². The summed E-state index contributed by atoms with van der Waals surface area (Å²) in [5.74, 6) is -0.918. The van der Waals surface area contributed by atoms with Crippen molar-refractivity contribution >= 4 is 11.7 Å². The average Bonchev–Trinajstić information content (AvgIpc) is 3.08. The first-order chi connectivity index (χ1) is 14.0. The van der Waals surface area contributed by atoms with Crippen molar-refractivity contribution in [2.75, 3.05) is 0 Å². The number of hydrogen-bond donors (Lipinski definition) is 1. The van der Waals surface area contributed by atoms with E-state index < -0.39 is 10.9 Å². The molecule has 0 fully saturated rings. The maximum Gasteiger partial charge on any atom is 0.303 e. The maximum atomic E-state index is 11.4. The van der Waals surface area contributed by atoms with Crippen LogP contribution in [-0.4, -0.2) is 25.8 Å². The molecule has 148 valence electrons. The molecule has 1 aliphatic rings. The van der Waals surface area contributed by atoms with Gasteiger partial charge in [-0.2, -0.15) is 5.10 Å². The van der Waals surface area contributed by atoms with Crippen LogP contribution in [0.25, 0.3) is 5.69 Å². The Morgan fingerprint density at radius 3 is 2.72 bits per heavy atom. The van der Waals surface area contributed by atoms with Gasteiger partial charge in [-0.15, -0.1) is 0 Å². The number of fused-ring (bicyclic) bond motifs is 1. The lowest BCUT2D eigenvalue weighted by Gasteiger charge is -2.23. The number of carboxylic acids is 1. The SMILES string of the molecule is O=C(O)CC1CCCc2c1c(Cc1ccccc1)nn2-c1cccc([N+](=O)[O-])c1. The molecule has 0 bridgehead atoms. The van der Waals surface area contributed by atoms with Crippen LogP contribution in [0.5, 0.6) is 0 Å². The van der Waals surface area contributed by atoms with Crippen molar-refractivity contribution in [3.63, 3.8) is 0 Å². The summed E-state index contributed by atoms with van der Waals surface area (Å²) in [4.78, 5) is 22.2. The van der Waals surface area contributed by atoms with E-state index in [0.29, 0.717) is 12.1 Å². The lowest BCUT2D eigenvalue weighted by atomic mass is 9.82. The van der Waals surface area contributed by atoms with E-state index in [0.717, 1.165) is 41.8 Å². The van der Waals surface area contributed by atoms with Gasteiger partial charge in [-0.3, -0.25) is 14.9 Å². The van der Waals surface area contributed by atoms with E-state index in [1.807, 2.05) is 30.3 Å². The van der Waals surface area contributed by atoms with E-state index in [9.17, 15) is 20.0 Å². The van der Waals surface area contributed by atoms with Crippen LogP contribution in [0.4, 0.5) is 5.69 Å². The molecule has 2 aromatic carbocycles. The van der Waals surface area contributed by atoms with Crippen LogP contribution in [0.1, 0.15) is 47.7 Å². The molecule has 0 saturated heterocycles. The molecule has 0 radical (unpaired) electrons. The van der Waals surface area contributed by atoms with Crippen molar-refractivity contribution in [2.24, 2.45) is 0 Å². The zero-order valence-corrected chi connectivity index (χ0v) is 15.8. The third kappa shape index (κ3) is 3.89. The van der Waals surface area contributed by atoms with Crippen LogP contribution in [0.15, 0.2) is 54.6 Å². The number of carboxylic acid groups (broad SMARTS) is 1. The molecule has 1 unspecified atom stereocenters. The van der Waals surface area contributed by atoms with Gasteiger partial charge in [-0.25, -0.2) is 4.68 Å². The van der Waals surface area contributed by atoms with Crippen LogP contribution in [-0.2, 0) is 17.6 Å². The zero-order valence-electron chi connectivity index (χ0n) is 15.8. The van der Waals surface area contributed by atoms with Crippen LogP contribution in [0.2, 0.25) is 0 Å². The van der Waals surface area contributed by atoms with Crippen molar-refractivity contribution in [2.45, 2.75) is 38.0 Å². The van der Waals surface area contributed by atoms with E-state index in [1.165, 1.54) is 12.1 Å². The van der Waals surface area contributed by atoms with Crippen LogP contribution < -0.4 is 0 Å². The first kappa shape index (κ1) is 18.9. The Kier molecular flexibility index (Phi) is 5.12. The third-order valence-corrected chi connectivity index (χ3v) is 5.39. The summed E-state index contributed by atoms with van der Waals surface area (Å²) < 4.78 is 1.77. The Morgan fingerprint density at radius 2 is 2.00 bits per heavy atom. The Bertz CT molecular complexity index is 1060. The minimum atomic E-state index is -0.823. The summed E-state index contributed by atoms with van der Waals surface area (Å²) in [6, 6.07) is 16.3. The van der Waals surface area contributed by atoms with Gasteiger partial charge in [0.2, 0.25) is 0 Å². The Balaban J connectivity index is 1.83. The third-order valence-electron chi connectivity index (χ3n) is 5.39. The summed E-state index contributed by atoms with van der Waals surface area (Å²) in [6.07, 6.45) is 3.12. The summed E-state index contributed by atoms with van der Waals surface area (Å²) in [6.45, 7) is 0.